The van der Waals surface area contributed by atoms with E-state index in [1.165, 1.54) is 6.07 Å². The summed E-state index contributed by atoms with van der Waals surface area (Å²) in [5, 5.41) is 11.3. The molecule has 106 valence electrons. The lowest BCUT2D eigenvalue weighted by Crippen LogP contribution is -2.14. The summed E-state index contributed by atoms with van der Waals surface area (Å²) in [4.78, 5) is 0. The molecule has 1 aromatic rings. The van der Waals surface area contributed by atoms with Crippen molar-refractivity contribution in [3.8, 4) is 0 Å². The van der Waals surface area contributed by atoms with Gasteiger partial charge >= 0.3 is 0 Å². The summed E-state index contributed by atoms with van der Waals surface area (Å²) in [6.45, 7) is 5.09. The molecule has 0 aromatic heterocycles. The summed E-state index contributed by atoms with van der Waals surface area (Å²) in [5.74, 6) is -0.0420. The molecular weight excluding hydrogens is 247 g/mol. The summed E-state index contributed by atoms with van der Waals surface area (Å²) in [6, 6.07) is 4.43. The third-order valence-electron chi connectivity index (χ3n) is 2.90. The number of nitrogens with two attached hydrogens (primary N) is 1. The van der Waals surface area contributed by atoms with E-state index in [2.05, 4.69) is 19.0 Å². The topological polar surface area (TPSA) is 67.8 Å². The van der Waals surface area contributed by atoms with Gasteiger partial charge in [-0.2, -0.15) is 0 Å². The van der Waals surface area contributed by atoms with Crippen molar-refractivity contribution in [1.82, 2.24) is 0 Å². The maximum Gasteiger partial charge on any atom is 0.170 e. The van der Waals surface area contributed by atoms with E-state index in [0.717, 1.165) is 12.8 Å². The molecule has 0 saturated heterocycles. The summed E-state index contributed by atoms with van der Waals surface area (Å²) in [7, 11) is 0. The predicted molar refractivity (Wildman–Crippen MR) is 72.6 cm³/mol. The minimum atomic E-state index is -0.410. The molecular formula is C14H21FN2O2. The zero-order valence-electron chi connectivity index (χ0n) is 11.4. The monoisotopic (exact) mass is 268 g/mol. The molecule has 0 heterocycles. The fourth-order valence-electron chi connectivity index (χ4n) is 1.83. The highest BCUT2D eigenvalue weighted by molar-refractivity contribution is 5.97. The van der Waals surface area contributed by atoms with Gasteiger partial charge in [-0.05, 0) is 18.4 Å². The van der Waals surface area contributed by atoms with E-state index >= 15 is 0 Å². The fourth-order valence-corrected chi connectivity index (χ4v) is 1.83. The summed E-state index contributed by atoms with van der Waals surface area (Å²) >= 11 is 0. The normalized spacial score (nSPS) is 13.5. The Morgan fingerprint density at radius 2 is 2.26 bits per heavy atom. The molecule has 1 atom stereocenters. The zero-order valence-corrected chi connectivity index (χ0v) is 11.4. The molecule has 1 unspecified atom stereocenters. The molecule has 19 heavy (non-hydrogen) atoms. The van der Waals surface area contributed by atoms with Crippen molar-refractivity contribution in [2.24, 2.45) is 16.8 Å². The number of hydrogen-bond acceptors (Lipinski definition) is 3. The number of nitrogens with zero attached hydrogens (tertiary/aromatic N) is 1. The van der Waals surface area contributed by atoms with Gasteiger partial charge in [0.05, 0.1) is 6.61 Å². The minimum absolute atomic E-state index is 0.108. The van der Waals surface area contributed by atoms with Crippen LogP contribution in [-0.2, 0) is 11.3 Å². The van der Waals surface area contributed by atoms with Crippen molar-refractivity contribution >= 4 is 5.84 Å². The molecule has 1 aromatic carbocycles. The Hall–Kier alpha value is -1.62. The van der Waals surface area contributed by atoms with Gasteiger partial charge in [0.25, 0.3) is 0 Å². The lowest BCUT2D eigenvalue weighted by Gasteiger charge is -2.11. The van der Waals surface area contributed by atoms with Gasteiger partial charge in [0.15, 0.2) is 5.84 Å². The Balaban J connectivity index is 2.56. The summed E-state index contributed by atoms with van der Waals surface area (Å²) < 4.78 is 19.2. The minimum Gasteiger partial charge on any atom is -0.409 e. The third-order valence-corrected chi connectivity index (χ3v) is 2.90. The Morgan fingerprint density at radius 3 is 2.84 bits per heavy atom. The van der Waals surface area contributed by atoms with Crippen molar-refractivity contribution in [1.29, 1.82) is 0 Å². The molecule has 0 fully saturated rings. The maximum absolute atomic E-state index is 13.7. The van der Waals surface area contributed by atoms with E-state index in [1.54, 1.807) is 12.1 Å². The maximum atomic E-state index is 13.7. The van der Waals surface area contributed by atoms with Crippen molar-refractivity contribution in [2.75, 3.05) is 6.61 Å². The van der Waals surface area contributed by atoms with E-state index in [0.29, 0.717) is 23.7 Å². The number of ether oxygens (including phenoxy) is 1. The van der Waals surface area contributed by atoms with Crippen LogP contribution in [0.15, 0.2) is 23.4 Å². The predicted octanol–water partition coefficient (Wildman–Crippen LogP) is 2.87. The van der Waals surface area contributed by atoms with E-state index in [4.69, 9.17) is 15.7 Å². The molecule has 0 aliphatic carbocycles. The number of halogens is 1. The molecule has 1 rings (SSSR count). The third kappa shape index (κ3) is 4.87. The molecule has 0 bridgehead atoms. The second kappa shape index (κ2) is 7.74. The molecule has 3 N–H and O–H groups in total. The standard InChI is InChI=1S/C14H21FN2O2/c1-3-4-10(2)8-19-9-12-6-5-11(7-13(12)15)14(16)17-18/h5-7,10,18H,3-4,8-9H2,1-2H3,(H2,16,17). The first-order chi connectivity index (χ1) is 9.08. The highest BCUT2D eigenvalue weighted by atomic mass is 19.1. The fraction of sp³-hybridized carbons (Fsp3) is 0.500. The second-order valence-corrected chi connectivity index (χ2v) is 4.70. The highest BCUT2D eigenvalue weighted by Crippen LogP contribution is 2.13. The van der Waals surface area contributed by atoms with E-state index in [-0.39, 0.29) is 12.4 Å². The molecule has 5 heteroatoms. The summed E-state index contributed by atoms with van der Waals surface area (Å²) in [5.41, 5.74) is 6.21. The van der Waals surface area contributed by atoms with E-state index < -0.39 is 5.82 Å². The molecule has 0 radical (unpaired) electrons. The molecule has 0 spiro atoms. The molecule has 0 saturated carbocycles. The zero-order chi connectivity index (χ0) is 14.3. The first-order valence-corrected chi connectivity index (χ1v) is 6.42. The Bertz CT molecular complexity index is 435. The Morgan fingerprint density at radius 1 is 1.53 bits per heavy atom. The number of benzene rings is 1. The largest absolute Gasteiger partial charge is 0.409 e. The van der Waals surface area contributed by atoms with Gasteiger partial charge in [0.2, 0.25) is 0 Å². The van der Waals surface area contributed by atoms with Crippen molar-refractivity contribution in [3.05, 3.63) is 35.1 Å². The van der Waals surface area contributed by atoms with Gasteiger partial charge in [0.1, 0.15) is 5.82 Å². The molecule has 4 nitrogen and oxygen atoms in total. The van der Waals surface area contributed by atoms with Crippen molar-refractivity contribution < 1.29 is 14.3 Å². The second-order valence-electron chi connectivity index (χ2n) is 4.70. The first kappa shape index (κ1) is 15.4. The van der Waals surface area contributed by atoms with Gasteiger partial charge in [-0.3, -0.25) is 0 Å². The van der Waals surface area contributed by atoms with Crippen LogP contribution in [0.4, 0.5) is 4.39 Å². The van der Waals surface area contributed by atoms with E-state index in [1.807, 2.05) is 0 Å². The smallest absolute Gasteiger partial charge is 0.170 e. The number of amidine groups is 1. The van der Waals surface area contributed by atoms with Gasteiger partial charge in [0, 0.05) is 17.7 Å². The lowest BCUT2D eigenvalue weighted by atomic mass is 10.1. The van der Waals surface area contributed by atoms with Crippen molar-refractivity contribution in [3.63, 3.8) is 0 Å². The molecule has 0 aliphatic rings. The van der Waals surface area contributed by atoms with Crippen LogP contribution >= 0.6 is 0 Å². The Labute approximate surface area is 113 Å². The van der Waals surface area contributed by atoms with Crippen LogP contribution in [-0.4, -0.2) is 17.6 Å². The molecule has 0 aliphatic heterocycles. The van der Waals surface area contributed by atoms with Crippen LogP contribution in [0.25, 0.3) is 0 Å². The molecule has 0 amide bonds. The number of rotatable bonds is 7. The summed E-state index contributed by atoms with van der Waals surface area (Å²) in [6.07, 6.45) is 2.22. The van der Waals surface area contributed by atoms with Crippen LogP contribution in [0.1, 0.15) is 37.8 Å². The number of oxime groups is 1. The Kier molecular flexibility index (Phi) is 6.29. The highest BCUT2D eigenvalue weighted by Gasteiger charge is 2.07. The SMILES string of the molecule is CCCC(C)COCc1ccc(/C(N)=N/O)cc1F. The average molecular weight is 268 g/mol. The van der Waals surface area contributed by atoms with Gasteiger partial charge < -0.3 is 15.7 Å². The van der Waals surface area contributed by atoms with Crippen molar-refractivity contribution in [2.45, 2.75) is 33.3 Å². The van der Waals surface area contributed by atoms with Crippen LogP contribution in [0, 0.1) is 11.7 Å². The number of hydrogen-bond donors (Lipinski definition) is 2. The average Bonchev–Trinajstić information content (AvgIpc) is 2.40. The van der Waals surface area contributed by atoms with Gasteiger partial charge in [-0.25, -0.2) is 4.39 Å². The lowest BCUT2D eigenvalue weighted by molar-refractivity contribution is 0.0874. The van der Waals surface area contributed by atoms with Crippen LogP contribution in [0.2, 0.25) is 0 Å². The van der Waals surface area contributed by atoms with Crippen LogP contribution < -0.4 is 5.73 Å². The van der Waals surface area contributed by atoms with Gasteiger partial charge in [-0.15, -0.1) is 0 Å². The van der Waals surface area contributed by atoms with Crippen LogP contribution in [0.5, 0.6) is 0 Å². The van der Waals surface area contributed by atoms with Crippen LogP contribution in [0.3, 0.4) is 0 Å². The van der Waals surface area contributed by atoms with E-state index in [9.17, 15) is 4.39 Å². The van der Waals surface area contributed by atoms with Gasteiger partial charge in [-0.1, -0.05) is 37.6 Å². The quantitative estimate of drug-likeness (QED) is 0.346. The first-order valence-electron chi connectivity index (χ1n) is 6.42.